The Kier molecular flexibility index (Phi) is 5.89. The lowest BCUT2D eigenvalue weighted by Crippen LogP contribution is -2.28. The Morgan fingerprint density at radius 3 is 2.42 bits per heavy atom. The molecule has 1 amide bonds. The summed E-state index contributed by atoms with van der Waals surface area (Å²) in [4.78, 5) is 19.2. The molecule has 6 heteroatoms. The van der Waals surface area contributed by atoms with Crippen LogP contribution in [0.4, 0.5) is 0 Å². The molecule has 0 aliphatic carbocycles. The maximum absolute atomic E-state index is 12.7. The number of benzene rings is 3. The number of hydrogen-bond donors (Lipinski definition) is 0. The molecule has 1 fully saturated rings. The lowest BCUT2D eigenvalue weighted by molar-refractivity contribution is -0.129. The molecule has 2 atom stereocenters. The predicted octanol–water partition coefficient (Wildman–Crippen LogP) is 5.39. The van der Waals surface area contributed by atoms with E-state index in [2.05, 4.69) is 17.1 Å². The molecule has 5 rings (SSSR count). The Morgan fingerprint density at radius 2 is 1.70 bits per heavy atom. The van der Waals surface area contributed by atoms with Gasteiger partial charge < -0.3 is 14.2 Å². The van der Waals surface area contributed by atoms with E-state index >= 15 is 0 Å². The van der Waals surface area contributed by atoms with Crippen molar-refractivity contribution in [1.29, 1.82) is 0 Å². The summed E-state index contributed by atoms with van der Waals surface area (Å²) in [5.41, 5.74) is 3.08. The van der Waals surface area contributed by atoms with Gasteiger partial charge in [0, 0.05) is 18.5 Å². The molecule has 1 aliphatic rings. The van der Waals surface area contributed by atoms with Crippen LogP contribution in [0.15, 0.2) is 89.5 Å². The van der Waals surface area contributed by atoms with Crippen molar-refractivity contribution in [3.8, 4) is 17.1 Å². The topological polar surface area (TPSA) is 68.5 Å². The number of carbonyl (C=O) groups excluding carboxylic acids is 1. The highest BCUT2D eigenvalue weighted by atomic mass is 16.5. The second-order valence-corrected chi connectivity index (χ2v) is 8.29. The zero-order valence-electron chi connectivity index (χ0n) is 18.4. The first kappa shape index (κ1) is 20.9. The Morgan fingerprint density at radius 1 is 1.00 bits per heavy atom. The van der Waals surface area contributed by atoms with Crippen LogP contribution in [-0.4, -0.2) is 27.5 Å². The van der Waals surface area contributed by atoms with Crippen molar-refractivity contribution in [3.05, 3.63) is 102 Å². The van der Waals surface area contributed by atoms with Crippen molar-refractivity contribution in [1.82, 2.24) is 15.0 Å². The molecule has 1 saturated heterocycles. The van der Waals surface area contributed by atoms with Gasteiger partial charge in [-0.25, -0.2) is 0 Å². The summed E-state index contributed by atoms with van der Waals surface area (Å²) < 4.78 is 11.4. The average molecular weight is 440 g/mol. The standard InChI is InChI=1S/C27H25N3O3/c1-19(21-10-6-3-7-11-21)30-17-23(16-25(30)31)27-28-26(29-33-27)22-12-14-24(15-13-22)32-18-20-8-4-2-5-9-20/h2-15,19,23H,16-18H2,1H3. The van der Waals surface area contributed by atoms with E-state index in [1.165, 1.54) is 0 Å². The molecule has 6 nitrogen and oxygen atoms in total. The summed E-state index contributed by atoms with van der Waals surface area (Å²) in [7, 11) is 0. The van der Waals surface area contributed by atoms with E-state index in [1.807, 2.05) is 89.8 Å². The van der Waals surface area contributed by atoms with Gasteiger partial charge in [-0.2, -0.15) is 4.98 Å². The summed E-state index contributed by atoms with van der Waals surface area (Å²) in [5.74, 6) is 1.81. The summed E-state index contributed by atoms with van der Waals surface area (Å²) in [6, 6.07) is 27.7. The quantitative estimate of drug-likeness (QED) is 0.386. The molecule has 1 aliphatic heterocycles. The van der Waals surface area contributed by atoms with Gasteiger partial charge >= 0.3 is 0 Å². The molecule has 0 N–H and O–H groups in total. The summed E-state index contributed by atoms with van der Waals surface area (Å²) in [6.07, 6.45) is 0.380. The molecular weight excluding hydrogens is 414 g/mol. The smallest absolute Gasteiger partial charge is 0.232 e. The fourth-order valence-corrected chi connectivity index (χ4v) is 4.14. The van der Waals surface area contributed by atoms with Crippen LogP contribution in [0.2, 0.25) is 0 Å². The fourth-order valence-electron chi connectivity index (χ4n) is 4.14. The van der Waals surface area contributed by atoms with Crippen LogP contribution in [0.1, 0.15) is 42.3 Å². The van der Waals surface area contributed by atoms with Crippen LogP contribution in [-0.2, 0) is 11.4 Å². The van der Waals surface area contributed by atoms with Gasteiger partial charge in [-0.15, -0.1) is 0 Å². The first-order chi connectivity index (χ1) is 16.2. The van der Waals surface area contributed by atoms with Gasteiger partial charge in [-0.05, 0) is 42.3 Å². The van der Waals surface area contributed by atoms with Crippen molar-refractivity contribution < 1.29 is 14.1 Å². The Hall–Kier alpha value is -3.93. The number of likely N-dealkylation sites (tertiary alicyclic amines) is 1. The molecule has 2 unspecified atom stereocenters. The van der Waals surface area contributed by atoms with Crippen LogP contribution < -0.4 is 4.74 Å². The third-order valence-corrected chi connectivity index (χ3v) is 6.06. The highest BCUT2D eigenvalue weighted by Gasteiger charge is 2.37. The molecule has 1 aromatic heterocycles. The molecule has 4 aromatic rings. The Balaban J connectivity index is 1.23. The molecule has 33 heavy (non-hydrogen) atoms. The maximum Gasteiger partial charge on any atom is 0.232 e. The first-order valence-electron chi connectivity index (χ1n) is 11.1. The van der Waals surface area contributed by atoms with Crippen molar-refractivity contribution >= 4 is 5.91 Å². The zero-order valence-corrected chi connectivity index (χ0v) is 18.4. The highest BCUT2D eigenvalue weighted by molar-refractivity contribution is 5.80. The second kappa shape index (κ2) is 9.28. The van der Waals surface area contributed by atoms with E-state index in [4.69, 9.17) is 9.26 Å². The number of amides is 1. The average Bonchev–Trinajstić information content (AvgIpc) is 3.51. The Bertz CT molecular complexity index is 1210. The minimum atomic E-state index is -0.0987. The Labute approximate surface area is 192 Å². The van der Waals surface area contributed by atoms with Gasteiger partial charge in [-0.3, -0.25) is 4.79 Å². The lowest BCUT2D eigenvalue weighted by Gasteiger charge is -2.24. The van der Waals surface area contributed by atoms with E-state index in [0.717, 1.165) is 22.4 Å². The zero-order chi connectivity index (χ0) is 22.6. The normalized spacial score (nSPS) is 16.7. The second-order valence-electron chi connectivity index (χ2n) is 8.29. The SMILES string of the molecule is CC(c1ccccc1)N1CC(c2nc(-c3ccc(OCc4ccccc4)cc3)no2)CC1=O. The number of nitrogens with zero attached hydrogens (tertiary/aromatic N) is 3. The molecule has 0 saturated carbocycles. The third kappa shape index (κ3) is 4.65. The molecule has 2 heterocycles. The fraction of sp³-hybridized carbons (Fsp3) is 0.222. The monoisotopic (exact) mass is 439 g/mol. The van der Waals surface area contributed by atoms with Gasteiger partial charge in [0.25, 0.3) is 0 Å². The van der Waals surface area contributed by atoms with E-state index in [1.54, 1.807) is 0 Å². The predicted molar refractivity (Wildman–Crippen MR) is 124 cm³/mol. The van der Waals surface area contributed by atoms with Gasteiger partial charge in [0.2, 0.25) is 17.6 Å². The lowest BCUT2D eigenvalue weighted by atomic mass is 10.1. The molecule has 0 radical (unpaired) electrons. The van der Waals surface area contributed by atoms with Crippen molar-refractivity contribution in [2.45, 2.75) is 31.9 Å². The van der Waals surface area contributed by atoms with E-state index < -0.39 is 0 Å². The number of hydrogen-bond acceptors (Lipinski definition) is 5. The van der Waals surface area contributed by atoms with Crippen LogP contribution >= 0.6 is 0 Å². The number of rotatable bonds is 7. The van der Waals surface area contributed by atoms with Crippen LogP contribution in [0.25, 0.3) is 11.4 Å². The molecule has 166 valence electrons. The minimum Gasteiger partial charge on any atom is -0.489 e. The summed E-state index contributed by atoms with van der Waals surface area (Å²) >= 11 is 0. The van der Waals surface area contributed by atoms with Gasteiger partial charge in [-0.1, -0.05) is 65.8 Å². The van der Waals surface area contributed by atoms with E-state index in [0.29, 0.717) is 31.3 Å². The maximum atomic E-state index is 12.7. The molecule has 3 aromatic carbocycles. The number of ether oxygens (including phenoxy) is 1. The molecule has 0 spiro atoms. The van der Waals surface area contributed by atoms with Gasteiger partial charge in [0.1, 0.15) is 12.4 Å². The summed E-state index contributed by atoms with van der Waals surface area (Å²) in [6.45, 7) is 3.14. The number of aromatic nitrogens is 2. The van der Waals surface area contributed by atoms with Crippen LogP contribution in [0.3, 0.4) is 0 Å². The van der Waals surface area contributed by atoms with Gasteiger partial charge in [0.15, 0.2) is 0 Å². The molecule has 0 bridgehead atoms. The third-order valence-electron chi connectivity index (χ3n) is 6.06. The molecular formula is C27H25N3O3. The van der Waals surface area contributed by atoms with E-state index in [-0.39, 0.29) is 17.9 Å². The van der Waals surface area contributed by atoms with Crippen molar-refractivity contribution in [3.63, 3.8) is 0 Å². The minimum absolute atomic E-state index is 0.00882. The van der Waals surface area contributed by atoms with Crippen molar-refractivity contribution in [2.24, 2.45) is 0 Å². The largest absolute Gasteiger partial charge is 0.489 e. The number of carbonyl (C=O) groups is 1. The summed E-state index contributed by atoms with van der Waals surface area (Å²) in [5, 5.41) is 4.15. The van der Waals surface area contributed by atoms with Crippen LogP contribution in [0, 0.1) is 0 Å². The van der Waals surface area contributed by atoms with Crippen molar-refractivity contribution in [2.75, 3.05) is 6.54 Å². The van der Waals surface area contributed by atoms with Gasteiger partial charge in [0.05, 0.1) is 12.0 Å². The first-order valence-corrected chi connectivity index (χ1v) is 11.1. The highest BCUT2D eigenvalue weighted by Crippen LogP contribution is 2.34. The van der Waals surface area contributed by atoms with Crippen LogP contribution in [0.5, 0.6) is 5.75 Å². The van der Waals surface area contributed by atoms with E-state index in [9.17, 15) is 4.79 Å².